The highest BCUT2D eigenvalue weighted by Gasteiger charge is 2.16. The zero-order valence-electron chi connectivity index (χ0n) is 10.3. The standard InChI is InChI=1S/C14H7F3N2O2/c15-9-3-7(6-18)1-2-12(9)19-13-10(16)4-8(14(20)21)5-11(13)17/h1-5,19H,(H,20,21). The molecule has 21 heavy (non-hydrogen) atoms. The first-order valence-electron chi connectivity index (χ1n) is 5.61. The number of nitrogens with zero attached hydrogens (tertiary/aromatic N) is 1. The summed E-state index contributed by atoms with van der Waals surface area (Å²) < 4.78 is 41.0. The molecule has 2 aromatic rings. The number of benzene rings is 2. The third-order valence-electron chi connectivity index (χ3n) is 2.65. The van der Waals surface area contributed by atoms with Crippen molar-refractivity contribution in [1.29, 1.82) is 5.26 Å². The van der Waals surface area contributed by atoms with Crippen LogP contribution in [0.1, 0.15) is 15.9 Å². The van der Waals surface area contributed by atoms with Gasteiger partial charge in [0.1, 0.15) is 11.5 Å². The lowest BCUT2D eigenvalue weighted by atomic mass is 10.1. The molecule has 0 unspecified atom stereocenters. The van der Waals surface area contributed by atoms with Crippen LogP contribution in [0.4, 0.5) is 24.5 Å². The Balaban J connectivity index is 2.41. The molecule has 2 aromatic carbocycles. The van der Waals surface area contributed by atoms with Crippen LogP contribution in [-0.4, -0.2) is 11.1 Å². The van der Waals surface area contributed by atoms with E-state index < -0.39 is 34.7 Å². The van der Waals surface area contributed by atoms with E-state index in [1.165, 1.54) is 6.07 Å². The Kier molecular flexibility index (Phi) is 3.80. The molecular formula is C14H7F3N2O2. The number of hydrogen-bond donors (Lipinski definition) is 2. The highest BCUT2D eigenvalue weighted by atomic mass is 19.1. The highest BCUT2D eigenvalue weighted by Crippen LogP contribution is 2.26. The highest BCUT2D eigenvalue weighted by molar-refractivity contribution is 5.88. The quantitative estimate of drug-likeness (QED) is 0.909. The van der Waals surface area contributed by atoms with E-state index in [1.54, 1.807) is 6.07 Å². The number of carboxylic acid groups (broad SMARTS) is 1. The van der Waals surface area contributed by atoms with E-state index in [2.05, 4.69) is 5.32 Å². The summed E-state index contributed by atoms with van der Waals surface area (Å²) in [6.07, 6.45) is 0. The molecule has 0 spiro atoms. The van der Waals surface area contributed by atoms with Crippen LogP contribution in [-0.2, 0) is 0 Å². The van der Waals surface area contributed by atoms with Crippen molar-refractivity contribution in [2.45, 2.75) is 0 Å². The van der Waals surface area contributed by atoms with Crippen LogP contribution in [0.15, 0.2) is 30.3 Å². The van der Waals surface area contributed by atoms with Gasteiger partial charge in [0.2, 0.25) is 0 Å². The molecule has 2 N–H and O–H groups in total. The number of anilines is 2. The number of nitriles is 1. The molecule has 2 rings (SSSR count). The maximum atomic E-state index is 13.7. The van der Waals surface area contributed by atoms with Gasteiger partial charge in [-0.2, -0.15) is 5.26 Å². The molecule has 0 fully saturated rings. The third-order valence-corrected chi connectivity index (χ3v) is 2.65. The number of carbonyl (C=O) groups is 1. The van der Waals surface area contributed by atoms with Crippen molar-refractivity contribution in [2.24, 2.45) is 0 Å². The second kappa shape index (κ2) is 5.54. The van der Waals surface area contributed by atoms with Gasteiger partial charge in [0.15, 0.2) is 11.6 Å². The summed E-state index contributed by atoms with van der Waals surface area (Å²) in [7, 11) is 0. The van der Waals surface area contributed by atoms with E-state index in [1.807, 2.05) is 0 Å². The van der Waals surface area contributed by atoms with Crippen molar-refractivity contribution < 1.29 is 23.1 Å². The topological polar surface area (TPSA) is 73.1 Å². The lowest BCUT2D eigenvalue weighted by Gasteiger charge is -2.10. The molecular weight excluding hydrogens is 285 g/mol. The van der Waals surface area contributed by atoms with Crippen molar-refractivity contribution in [3.05, 3.63) is 58.9 Å². The molecule has 0 aliphatic rings. The number of hydrogen-bond acceptors (Lipinski definition) is 3. The van der Waals surface area contributed by atoms with Crippen LogP contribution in [0.25, 0.3) is 0 Å². The van der Waals surface area contributed by atoms with Crippen LogP contribution in [0.5, 0.6) is 0 Å². The lowest BCUT2D eigenvalue weighted by Crippen LogP contribution is -2.04. The fraction of sp³-hybridized carbons (Fsp3) is 0. The molecule has 7 heteroatoms. The predicted octanol–water partition coefficient (Wildman–Crippen LogP) is 3.42. The Morgan fingerprint density at radius 2 is 1.71 bits per heavy atom. The van der Waals surface area contributed by atoms with E-state index >= 15 is 0 Å². The van der Waals surface area contributed by atoms with E-state index in [0.717, 1.165) is 12.1 Å². The van der Waals surface area contributed by atoms with Gasteiger partial charge in [-0.05, 0) is 30.3 Å². The van der Waals surface area contributed by atoms with Crippen LogP contribution in [0.3, 0.4) is 0 Å². The van der Waals surface area contributed by atoms with Gasteiger partial charge in [-0.25, -0.2) is 18.0 Å². The largest absolute Gasteiger partial charge is 0.478 e. The zero-order chi connectivity index (χ0) is 15.6. The van der Waals surface area contributed by atoms with Crippen molar-refractivity contribution in [2.75, 3.05) is 5.32 Å². The van der Waals surface area contributed by atoms with Gasteiger partial charge >= 0.3 is 5.97 Å². The van der Waals surface area contributed by atoms with Gasteiger partial charge in [-0.15, -0.1) is 0 Å². The summed E-state index contributed by atoms with van der Waals surface area (Å²) in [6.45, 7) is 0. The van der Waals surface area contributed by atoms with E-state index in [9.17, 15) is 18.0 Å². The van der Waals surface area contributed by atoms with E-state index in [-0.39, 0.29) is 11.3 Å². The molecule has 0 atom stereocenters. The monoisotopic (exact) mass is 292 g/mol. The SMILES string of the molecule is N#Cc1ccc(Nc2c(F)cc(C(=O)O)cc2F)c(F)c1. The second-order valence-electron chi connectivity index (χ2n) is 4.05. The van der Waals surface area contributed by atoms with Crippen LogP contribution in [0.2, 0.25) is 0 Å². The maximum absolute atomic E-state index is 13.7. The Morgan fingerprint density at radius 3 is 2.19 bits per heavy atom. The van der Waals surface area contributed by atoms with E-state index in [0.29, 0.717) is 12.1 Å². The first-order valence-corrected chi connectivity index (χ1v) is 5.61. The van der Waals surface area contributed by atoms with Crippen LogP contribution in [0, 0.1) is 28.8 Å². The van der Waals surface area contributed by atoms with Crippen molar-refractivity contribution in [3.63, 3.8) is 0 Å². The average molecular weight is 292 g/mol. The van der Waals surface area contributed by atoms with Crippen molar-refractivity contribution in [1.82, 2.24) is 0 Å². The molecule has 0 aliphatic heterocycles. The average Bonchev–Trinajstić information content (AvgIpc) is 2.43. The molecule has 106 valence electrons. The molecule has 0 radical (unpaired) electrons. The van der Waals surface area contributed by atoms with Crippen molar-refractivity contribution in [3.8, 4) is 6.07 Å². The molecule has 0 bridgehead atoms. The predicted molar refractivity (Wildman–Crippen MR) is 67.7 cm³/mol. The molecule has 4 nitrogen and oxygen atoms in total. The second-order valence-corrected chi connectivity index (χ2v) is 4.05. The normalized spacial score (nSPS) is 10.0. The summed E-state index contributed by atoms with van der Waals surface area (Å²) in [4.78, 5) is 10.7. The lowest BCUT2D eigenvalue weighted by molar-refractivity contribution is 0.0696. The maximum Gasteiger partial charge on any atom is 0.335 e. The Morgan fingerprint density at radius 1 is 1.10 bits per heavy atom. The van der Waals surface area contributed by atoms with Gasteiger partial charge < -0.3 is 10.4 Å². The molecule has 0 heterocycles. The fourth-order valence-corrected chi connectivity index (χ4v) is 1.64. The number of rotatable bonds is 3. The fourth-order valence-electron chi connectivity index (χ4n) is 1.64. The summed E-state index contributed by atoms with van der Waals surface area (Å²) in [6, 6.07) is 6.29. The Labute approximate surface area is 117 Å². The minimum Gasteiger partial charge on any atom is -0.478 e. The smallest absolute Gasteiger partial charge is 0.335 e. The first-order chi connectivity index (χ1) is 9.92. The number of carboxylic acids is 1. The van der Waals surface area contributed by atoms with Crippen LogP contribution >= 0.6 is 0 Å². The Hall–Kier alpha value is -3.01. The number of halogens is 3. The molecule has 0 aliphatic carbocycles. The molecule has 0 saturated carbocycles. The minimum absolute atomic E-state index is 0.0558. The summed E-state index contributed by atoms with van der Waals surface area (Å²) in [5.74, 6) is -4.69. The van der Waals surface area contributed by atoms with Gasteiger partial charge in [-0.1, -0.05) is 0 Å². The van der Waals surface area contributed by atoms with Crippen molar-refractivity contribution >= 4 is 17.3 Å². The molecule has 0 aromatic heterocycles. The van der Waals surface area contributed by atoms with Gasteiger partial charge in [0, 0.05) is 0 Å². The third kappa shape index (κ3) is 2.95. The number of nitrogens with one attached hydrogen (secondary N) is 1. The molecule has 0 saturated heterocycles. The van der Waals surface area contributed by atoms with Crippen LogP contribution < -0.4 is 5.32 Å². The van der Waals surface area contributed by atoms with E-state index in [4.69, 9.17) is 10.4 Å². The zero-order valence-corrected chi connectivity index (χ0v) is 10.3. The molecule has 0 amide bonds. The number of aromatic carboxylic acids is 1. The van der Waals surface area contributed by atoms with Gasteiger partial charge in [0.25, 0.3) is 0 Å². The van der Waals surface area contributed by atoms with Gasteiger partial charge in [-0.3, -0.25) is 0 Å². The summed E-state index contributed by atoms with van der Waals surface area (Å²) >= 11 is 0. The van der Waals surface area contributed by atoms with Gasteiger partial charge in [0.05, 0.1) is 22.9 Å². The first kappa shape index (κ1) is 14.4. The minimum atomic E-state index is -1.48. The summed E-state index contributed by atoms with van der Waals surface area (Å²) in [5.41, 5.74) is -1.42. The summed E-state index contributed by atoms with van der Waals surface area (Å²) in [5, 5.41) is 19.5. The Bertz CT molecular complexity index is 746.